The number of aliphatic carboxylic acids is 1. The number of carboxylic acid groups (broad SMARTS) is 1. The first kappa shape index (κ1) is 19.6. The number of anilines is 1. The summed E-state index contributed by atoms with van der Waals surface area (Å²) in [5.74, 6) is -3.61. The van der Waals surface area contributed by atoms with Crippen LogP contribution in [0.25, 0.3) is 0 Å². The number of hydrogen-bond donors (Lipinski definition) is 1. The molecule has 0 radical (unpaired) electrons. The van der Waals surface area contributed by atoms with Crippen molar-refractivity contribution in [3.8, 4) is 0 Å². The van der Waals surface area contributed by atoms with Crippen LogP contribution < -0.4 is 10.4 Å². The lowest BCUT2D eigenvalue weighted by molar-refractivity contribution is -0.313. The Morgan fingerprint density at radius 3 is 2.33 bits per heavy atom. The van der Waals surface area contributed by atoms with Gasteiger partial charge in [0.2, 0.25) is 5.91 Å². The van der Waals surface area contributed by atoms with Crippen molar-refractivity contribution in [1.29, 1.82) is 0 Å². The van der Waals surface area contributed by atoms with Gasteiger partial charge in [0.05, 0.1) is 18.6 Å². The molecule has 0 bridgehead atoms. The van der Waals surface area contributed by atoms with E-state index in [1.54, 1.807) is 0 Å². The predicted molar refractivity (Wildman–Crippen MR) is 101 cm³/mol. The van der Waals surface area contributed by atoms with Gasteiger partial charge in [-0.3, -0.25) is 4.79 Å². The molecule has 2 aliphatic carbocycles. The third kappa shape index (κ3) is 3.78. The topological polar surface area (TPSA) is 95.5 Å². The van der Waals surface area contributed by atoms with Gasteiger partial charge in [-0.25, -0.2) is 4.79 Å². The predicted octanol–water partition coefficient (Wildman–Crippen LogP) is 2.46. The van der Waals surface area contributed by atoms with Crippen LogP contribution in [0.15, 0.2) is 11.1 Å². The van der Waals surface area contributed by atoms with Crippen LogP contribution in [0.2, 0.25) is 0 Å². The molecule has 1 heterocycles. The third-order valence-electron chi connectivity index (χ3n) is 5.70. The van der Waals surface area contributed by atoms with Gasteiger partial charge in [-0.15, -0.1) is 11.3 Å². The van der Waals surface area contributed by atoms with Crippen LogP contribution in [-0.2, 0) is 27.2 Å². The van der Waals surface area contributed by atoms with Crippen LogP contribution in [0.3, 0.4) is 0 Å². The fourth-order valence-electron chi connectivity index (χ4n) is 3.99. The highest BCUT2D eigenvalue weighted by Gasteiger charge is 2.35. The van der Waals surface area contributed by atoms with Crippen molar-refractivity contribution in [3.63, 3.8) is 0 Å². The minimum Gasteiger partial charge on any atom is -0.550 e. The fraction of sp³-hybridized carbons (Fsp3) is 0.550. The van der Waals surface area contributed by atoms with Crippen molar-refractivity contribution < 1.29 is 24.2 Å². The molecule has 2 atom stereocenters. The van der Waals surface area contributed by atoms with E-state index < -0.39 is 23.8 Å². The molecule has 0 saturated carbocycles. The molecule has 2 aliphatic rings. The molecule has 0 aromatic carbocycles. The summed E-state index contributed by atoms with van der Waals surface area (Å²) in [6.07, 6.45) is 4.43. The molecule has 3 rings (SSSR count). The summed E-state index contributed by atoms with van der Waals surface area (Å²) in [5, 5.41) is 14.9. The van der Waals surface area contributed by atoms with Crippen molar-refractivity contribution in [2.75, 3.05) is 12.4 Å². The van der Waals surface area contributed by atoms with Crippen LogP contribution in [0, 0.1) is 11.8 Å². The second-order valence-corrected chi connectivity index (χ2v) is 8.50. The lowest BCUT2D eigenvalue weighted by atomic mass is 9.76. The molecule has 0 fully saturated rings. The zero-order chi connectivity index (χ0) is 19.7. The number of carbonyl (C=O) groups excluding carboxylic acids is 3. The standard InChI is InChI=1S/C20H25NO5S/c1-10-8-13(14(19(23)24)9-11(10)2)17(22)21-18-16(20(25)26-3)12-6-4-5-7-15(12)27-18/h13-14H,4-9H2,1-3H3,(H,21,22)(H,23,24)/p-1/t13-,14+/m1/s1. The van der Waals surface area contributed by atoms with E-state index in [1.165, 1.54) is 18.4 Å². The Morgan fingerprint density at radius 2 is 1.70 bits per heavy atom. The van der Waals surface area contributed by atoms with Gasteiger partial charge in [-0.2, -0.15) is 0 Å². The van der Waals surface area contributed by atoms with Gasteiger partial charge in [-0.05, 0) is 57.9 Å². The van der Waals surface area contributed by atoms with Crippen LogP contribution in [0.1, 0.15) is 60.3 Å². The molecule has 1 aromatic heterocycles. The first-order chi connectivity index (χ1) is 12.8. The molecule has 0 unspecified atom stereocenters. The van der Waals surface area contributed by atoms with E-state index in [-0.39, 0.29) is 5.91 Å². The first-order valence-electron chi connectivity index (χ1n) is 9.23. The summed E-state index contributed by atoms with van der Waals surface area (Å²) < 4.78 is 4.92. The molecule has 1 N–H and O–H groups in total. The summed E-state index contributed by atoms with van der Waals surface area (Å²) in [5.41, 5.74) is 3.41. The second kappa shape index (κ2) is 7.84. The molecular formula is C20H24NO5S-. The Morgan fingerprint density at radius 1 is 1.07 bits per heavy atom. The van der Waals surface area contributed by atoms with E-state index in [4.69, 9.17) is 4.74 Å². The van der Waals surface area contributed by atoms with Crippen molar-refractivity contribution in [3.05, 3.63) is 27.2 Å². The van der Waals surface area contributed by atoms with Crippen molar-refractivity contribution in [2.24, 2.45) is 11.8 Å². The Kier molecular flexibility index (Phi) is 5.69. The van der Waals surface area contributed by atoms with Gasteiger partial charge in [-0.1, -0.05) is 11.1 Å². The highest BCUT2D eigenvalue weighted by Crippen LogP contribution is 2.40. The molecule has 0 saturated heterocycles. The van der Waals surface area contributed by atoms with Gasteiger partial charge < -0.3 is 20.0 Å². The number of ether oxygens (including phenoxy) is 1. The van der Waals surface area contributed by atoms with Gasteiger partial charge >= 0.3 is 5.97 Å². The molecule has 0 spiro atoms. The SMILES string of the molecule is COC(=O)c1c(NC(=O)[C@@H]2CC(C)=C(C)C[C@@H]2C(=O)[O-])sc2c1CCCC2. The molecule has 1 amide bonds. The van der Waals surface area contributed by atoms with Crippen LogP contribution in [0.4, 0.5) is 5.00 Å². The maximum Gasteiger partial charge on any atom is 0.341 e. The molecule has 146 valence electrons. The van der Waals surface area contributed by atoms with Crippen molar-refractivity contribution in [1.82, 2.24) is 0 Å². The minimum atomic E-state index is -1.21. The second-order valence-electron chi connectivity index (χ2n) is 7.40. The zero-order valence-corrected chi connectivity index (χ0v) is 16.7. The number of nitrogens with one attached hydrogen (secondary N) is 1. The lowest BCUT2D eigenvalue weighted by Gasteiger charge is -2.32. The number of methoxy groups -OCH3 is 1. The molecule has 27 heavy (non-hydrogen) atoms. The number of allylic oxidation sites excluding steroid dienone is 2. The molecular weight excluding hydrogens is 366 g/mol. The number of esters is 1. The number of amides is 1. The van der Waals surface area contributed by atoms with E-state index in [0.717, 1.165) is 47.3 Å². The normalized spacial score (nSPS) is 22.2. The third-order valence-corrected chi connectivity index (χ3v) is 6.91. The van der Waals surface area contributed by atoms with Gasteiger partial charge in [0.15, 0.2) is 0 Å². The van der Waals surface area contributed by atoms with Crippen LogP contribution >= 0.6 is 11.3 Å². The number of rotatable bonds is 4. The van der Waals surface area contributed by atoms with E-state index in [0.29, 0.717) is 23.4 Å². The number of aryl methyl sites for hydroxylation is 1. The number of thiophene rings is 1. The largest absolute Gasteiger partial charge is 0.550 e. The number of carbonyl (C=O) groups is 3. The van der Waals surface area contributed by atoms with Gasteiger partial charge in [0.1, 0.15) is 5.00 Å². The van der Waals surface area contributed by atoms with Gasteiger partial charge in [0.25, 0.3) is 0 Å². The van der Waals surface area contributed by atoms with Crippen LogP contribution in [0.5, 0.6) is 0 Å². The minimum absolute atomic E-state index is 0.317. The highest BCUT2D eigenvalue weighted by atomic mass is 32.1. The van der Waals surface area contributed by atoms with Gasteiger partial charge in [0, 0.05) is 16.8 Å². The highest BCUT2D eigenvalue weighted by molar-refractivity contribution is 7.17. The van der Waals surface area contributed by atoms with E-state index in [9.17, 15) is 19.5 Å². The summed E-state index contributed by atoms with van der Waals surface area (Å²) in [4.78, 5) is 37.9. The molecule has 6 nitrogen and oxygen atoms in total. The first-order valence-corrected chi connectivity index (χ1v) is 10.0. The average molecular weight is 390 g/mol. The van der Waals surface area contributed by atoms with Crippen molar-refractivity contribution >= 4 is 34.2 Å². The Balaban J connectivity index is 1.90. The Bertz CT molecular complexity index is 823. The molecule has 7 heteroatoms. The molecule has 1 aromatic rings. The summed E-state index contributed by atoms with van der Waals surface area (Å²) in [7, 11) is 1.32. The molecule has 0 aliphatic heterocycles. The van der Waals surface area contributed by atoms with E-state index >= 15 is 0 Å². The maximum atomic E-state index is 12.9. The quantitative estimate of drug-likeness (QED) is 0.629. The zero-order valence-electron chi connectivity index (χ0n) is 15.8. The number of fused-ring (bicyclic) bond motifs is 1. The summed E-state index contributed by atoms with van der Waals surface area (Å²) >= 11 is 1.40. The Labute approximate surface area is 162 Å². The monoisotopic (exact) mass is 390 g/mol. The maximum absolute atomic E-state index is 12.9. The smallest absolute Gasteiger partial charge is 0.341 e. The Hall–Kier alpha value is -2.15. The summed E-state index contributed by atoms with van der Waals surface area (Å²) in [6, 6.07) is 0. The van der Waals surface area contributed by atoms with E-state index in [2.05, 4.69) is 5.32 Å². The van der Waals surface area contributed by atoms with Crippen LogP contribution in [-0.4, -0.2) is 25.0 Å². The lowest BCUT2D eigenvalue weighted by Crippen LogP contribution is -2.42. The van der Waals surface area contributed by atoms with E-state index in [1.807, 2.05) is 13.8 Å². The summed E-state index contributed by atoms with van der Waals surface area (Å²) in [6.45, 7) is 3.81. The average Bonchev–Trinajstić information content (AvgIpc) is 3.00. The van der Waals surface area contributed by atoms with Crippen molar-refractivity contribution in [2.45, 2.75) is 52.4 Å². The fourth-order valence-corrected chi connectivity index (χ4v) is 5.27. The number of carboxylic acids is 1. The number of hydrogen-bond acceptors (Lipinski definition) is 6.